The predicted molar refractivity (Wildman–Crippen MR) is 85.7 cm³/mol. The fourth-order valence-electron chi connectivity index (χ4n) is 2.96. The van der Waals surface area contributed by atoms with Crippen molar-refractivity contribution in [1.29, 1.82) is 0 Å². The normalized spacial score (nSPS) is 21.2. The van der Waals surface area contributed by atoms with Crippen LogP contribution in [0.2, 0.25) is 0 Å². The molecule has 1 N–H and O–H groups in total. The van der Waals surface area contributed by atoms with Gasteiger partial charge in [-0.05, 0) is 29.9 Å². The van der Waals surface area contributed by atoms with Gasteiger partial charge in [0.15, 0.2) is 0 Å². The molecular formula is C19H23NO. The Kier molecular flexibility index (Phi) is 4.69. The lowest BCUT2D eigenvalue weighted by Crippen LogP contribution is -2.40. The number of aliphatic hydroxyl groups is 1. The molecule has 2 atom stereocenters. The Morgan fingerprint density at radius 1 is 0.810 bits per heavy atom. The molecule has 2 nitrogen and oxygen atoms in total. The maximum atomic E-state index is 9.86. The Balaban J connectivity index is 1.68. The third-order valence-corrected chi connectivity index (χ3v) is 4.37. The van der Waals surface area contributed by atoms with Gasteiger partial charge < -0.3 is 5.11 Å². The van der Waals surface area contributed by atoms with Gasteiger partial charge in [-0.2, -0.15) is 0 Å². The van der Waals surface area contributed by atoms with Crippen molar-refractivity contribution >= 4 is 0 Å². The molecule has 0 heterocycles. The van der Waals surface area contributed by atoms with Crippen molar-refractivity contribution in [3.63, 3.8) is 0 Å². The minimum Gasteiger partial charge on any atom is -0.393 e. The van der Waals surface area contributed by atoms with Gasteiger partial charge in [-0.25, -0.2) is 0 Å². The zero-order valence-electron chi connectivity index (χ0n) is 12.4. The molecule has 110 valence electrons. The summed E-state index contributed by atoms with van der Waals surface area (Å²) in [5.41, 5.74) is 2.67. The first-order chi connectivity index (χ1) is 10.3. The van der Waals surface area contributed by atoms with Crippen molar-refractivity contribution in [3.05, 3.63) is 71.8 Å². The van der Waals surface area contributed by atoms with Gasteiger partial charge >= 0.3 is 0 Å². The predicted octanol–water partition coefficient (Wildman–Crippen LogP) is 3.46. The Morgan fingerprint density at radius 2 is 1.33 bits per heavy atom. The van der Waals surface area contributed by atoms with Crippen LogP contribution in [0.3, 0.4) is 0 Å². The van der Waals surface area contributed by atoms with Gasteiger partial charge in [-0.1, -0.05) is 60.7 Å². The second-order valence-corrected chi connectivity index (χ2v) is 6.05. The van der Waals surface area contributed by atoms with Crippen molar-refractivity contribution < 1.29 is 5.11 Å². The first-order valence-electron chi connectivity index (χ1n) is 7.79. The van der Waals surface area contributed by atoms with E-state index in [1.165, 1.54) is 11.1 Å². The molecule has 1 aliphatic carbocycles. The molecule has 1 saturated carbocycles. The summed E-state index contributed by atoms with van der Waals surface area (Å²) in [5.74, 6) is 0.442. The lowest BCUT2D eigenvalue weighted by atomic mass is 9.81. The van der Waals surface area contributed by atoms with Gasteiger partial charge in [0.1, 0.15) is 0 Å². The second-order valence-electron chi connectivity index (χ2n) is 6.05. The number of rotatable bonds is 6. The monoisotopic (exact) mass is 281 g/mol. The van der Waals surface area contributed by atoms with Crippen LogP contribution >= 0.6 is 0 Å². The zero-order valence-corrected chi connectivity index (χ0v) is 12.4. The lowest BCUT2D eigenvalue weighted by molar-refractivity contribution is 0.000438. The van der Waals surface area contributed by atoms with Crippen molar-refractivity contribution in [3.8, 4) is 0 Å². The molecule has 2 heteroatoms. The molecule has 2 aromatic carbocycles. The molecule has 0 spiro atoms. The third kappa shape index (κ3) is 3.93. The van der Waals surface area contributed by atoms with E-state index in [-0.39, 0.29) is 6.10 Å². The quantitative estimate of drug-likeness (QED) is 0.876. The molecule has 21 heavy (non-hydrogen) atoms. The molecule has 0 aliphatic heterocycles. The maximum Gasteiger partial charge on any atom is 0.0580 e. The van der Waals surface area contributed by atoms with Gasteiger partial charge in [0.25, 0.3) is 0 Å². The van der Waals surface area contributed by atoms with Crippen LogP contribution < -0.4 is 0 Å². The van der Waals surface area contributed by atoms with E-state index in [0.717, 1.165) is 32.5 Å². The van der Waals surface area contributed by atoms with E-state index in [9.17, 15) is 5.11 Å². The second kappa shape index (κ2) is 6.88. The molecule has 0 radical (unpaired) electrons. The zero-order chi connectivity index (χ0) is 14.5. The summed E-state index contributed by atoms with van der Waals surface area (Å²) in [6.07, 6.45) is 2.02. The largest absolute Gasteiger partial charge is 0.393 e. The summed E-state index contributed by atoms with van der Waals surface area (Å²) >= 11 is 0. The van der Waals surface area contributed by atoms with Crippen LogP contribution in [-0.4, -0.2) is 22.7 Å². The molecule has 1 aliphatic rings. The summed E-state index contributed by atoms with van der Waals surface area (Å²) in [4.78, 5) is 2.46. The molecule has 3 rings (SSSR count). The molecule has 2 aromatic rings. The van der Waals surface area contributed by atoms with Crippen LogP contribution in [0.5, 0.6) is 0 Å². The molecule has 0 amide bonds. The SMILES string of the molecule is OC1CCC1CN(Cc1ccccc1)Cc1ccccc1. The third-order valence-electron chi connectivity index (χ3n) is 4.37. The van der Waals surface area contributed by atoms with Crippen LogP contribution in [0.4, 0.5) is 0 Å². The van der Waals surface area contributed by atoms with E-state index >= 15 is 0 Å². The van der Waals surface area contributed by atoms with Gasteiger partial charge in [0.2, 0.25) is 0 Å². The molecular weight excluding hydrogens is 258 g/mol. The van der Waals surface area contributed by atoms with Crippen LogP contribution in [-0.2, 0) is 13.1 Å². The molecule has 1 fully saturated rings. The van der Waals surface area contributed by atoms with Gasteiger partial charge in [0.05, 0.1) is 6.10 Å². The maximum absolute atomic E-state index is 9.86. The van der Waals surface area contributed by atoms with Crippen molar-refractivity contribution in [2.45, 2.75) is 32.0 Å². The summed E-state index contributed by atoms with van der Waals surface area (Å²) in [7, 11) is 0. The number of aliphatic hydroxyl groups excluding tert-OH is 1. The van der Waals surface area contributed by atoms with E-state index < -0.39 is 0 Å². The topological polar surface area (TPSA) is 23.5 Å². The van der Waals surface area contributed by atoms with E-state index in [1.54, 1.807) is 0 Å². The summed E-state index contributed by atoms with van der Waals surface area (Å²) in [5, 5.41) is 9.86. The highest BCUT2D eigenvalue weighted by Gasteiger charge is 2.30. The van der Waals surface area contributed by atoms with Crippen LogP contribution in [0.1, 0.15) is 24.0 Å². The lowest BCUT2D eigenvalue weighted by Gasteiger charge is -2.37. The Bertz CT molecular complexity index is 499. The minimum atomic E-state index is -0.0981. The number of hydrogen-bond acceptors (Lipinski definition) is 2. The van der Waals surface area contributed by atoms with Crippen molar-refractivity contribution in [2.75, 3.05) is 6.54 Å². The van der Waals surface area contributed by atoms with E-state index in [0.29, 0.717) is 5.92 Å². The standard InChI is InChI=1S/C19H23NO/c21-19-12-11-18(19)15-20(13-16-7-3-1-4-8-16)14-17-9-5-2-6-10-17/h1-10,18-19,21H,11-15H2. The number of nitrogens with zero attached hydrogens (tertiary/aromatic N) is 1. The molecule has 0 bridgehead atoms. The van der Waals surface area contributed by atoms with Gasteiger partial charge in [-0.15, -0.1) is 0 Å². The molecule has 0 saturated heterocycles. The number of benzene rings is 2. The van der Waals surface area contributed by atoms with E-state index in [2.05, 4.69) is 65.6 Å². The Hall–Kier alpha value is -1.64. The highest BCUT2D eigenvalue weighted by Crippen LogP contribution is 2.29. The van der Waals surface area contributed by atoms with Gasteiger partial charge in [-0.3, -0.25) is 4.90 Å². The first kappa shape index (κ1) is 14.3. The van der Waals surface area contributed by atoms with Crippen molar-refractivity contribution in [2.24, 2.45) is 5.92 Å². The van der Waals surface area contributed by atoms with Crippen LogP contribution in [0, 0.1) is 5.92 Å². The summed E-state index contributed by atoms with van der Waals surface area (Å²) < 4.78 is 0. The van der Waals surface area contributed by atoms with E-state index in [1.807, 2.05) is 0 Å². The fourth-order valence-corrected chi connectivity index (χ4v) is 2.96. The average molecular weight is 281 g/mol. The van der Waals surface area contributed by atoms with Crippen LogP contribution in [0.15, 0.2) is 60.7 Å². The molecule has 2 unspecified atom stereocenters. The van der Waals surface area contributed by atoms with Crippen molar-refractivity contribution in [1.82, 2.24) is 4.90 Å². The van der Waals surface area contributed by atoms with Gasteiger partial charge in [0, 0.05) is 19.6 Å². The first-order valence-corrected chi connectivity index (χ1v) is 7.79. The average Bonchev–Trinajstić information content (AvgIpc) is 2.53. The summed E-state index contributed by atoms with van der Waals surface area (Å²) in [6, 6.07) is 21.2. The highest BCUT2D eigenvalue weighted by atomic mass is 16.3. The Morgan fingerprint density at radius 3 is 1.71 bits per heavy atom. The van der Waals surface area contributed by atoms with E-state index in [4.69, 9.17) is 0 Å². The van der Waals surface area contributed by atoms with Crippen LogP contribution in [0.25, 0.3) is 0 Å². The smallest absolute Gasteiger partial charge is 0.0580 e. The summed E-state index contributed by atoms with van der Waals surface area (Å²) in [6.45, 7) is 2.86. The Labute approximate surface area is 127 Å². The fraction of sp³-hybridized carbons (Fsp3) is 0.368. The highest BCUT2D eigenvalue weighted by molar-refractivity contribution is 5.17. The number of hydrogen-bond donors (Lipinski definition) is 1. The minimum absolute atomic E-state index is 0.0981. The molecule has 0 aromatic heterocycles.